The predicted octanol–water partition coefficient (Wildman–Crippen LogP) is 1.83. The van der Waals surface area contributed by atoms with Crippen LogP contribution in [0, 0.1) is 11.8 Å². The number of likely N-dealkylation sites (tertiary alicyclic amines) is 1. The largest absolute Gasteiger partial charge is 0.329 e. The van der Waals surface area contributed by atoms with E-state index in [0.717, 1.165) is 24.9 Å². The zero-order chi connectivity index (χ0) is 12.8. The lowest BCUT2D eigenvalue weighted by molar-refractivity contribution is 0.139. The van der Waals surface area contributed by atoms with Crippen molar-refractivity contribution in [1.29, 1.82) is 0 Å². The van der Waals surface area contributed by atoms with E-state index < -0.39 is 0 Å². The molecular weight excluding hydrogens is 222 g/mol. The topological polar surface area (TPSA) is 41.3 Å². The molecule has 3 N–H and O–H groups in total. The molecule has 1 heterocycles. The van der Waals surface area contributed by atoms with Gasteiger partial charge in [-0.2, -0.15) is 0 Å². The molecule has 1 aliphatic heterocycles. The zero-order valence-electron chi connectivity index (χ0n) is 12.0. The molecule has 0 amide bonds. The molecule has 2 unspecified atom stereocenters. The van der Waals surface area contributed by atoms with Crippen LogP contribution in [0.5, 0.6) is 0 Å². The molecule has 1 saturated heterocycles. The summed E-state index contributed by atoms with van der Waals surface area (Å²) in [4.78, 5) is 2.56. The summed E-state index contributed by atoms with van der Waals surface area (Å²) >= 11 is 0. The molecule has 0 spiro atoms. The van der Waals surface area contributed by atoms with Crippen molar-refractivity contribution >= 4 is 0 Å². The maximum absolute atomic E-state index is 5.70. The van der Waals surface area contributed by atoms with Gasteiger partial charge in [0.05, 0.1) is 0 Å². The Morgan fingerprint density at radius 3 is 2.61 bits per heavy atom. The van der Waals surface area contributed by atoms with Crippen molar-refractivity contribution in [1.82, 2.24) is 10.2 Å². The average Bonchev–Trinajstić information content (AvgIpc) is 2.89. The molecule has 0 aromatic carbocycles. The number of hydrogen-bond donors (Lipinski definition) is 2. The normalized spacial score (nSPS) is 31.0. The van der Waals surface area contributed by atoms with Gasteiger partial charge in [-0.1, -0.05) is 26.2 Å². The van der Waals surface area contributed by atoms with Gasteiger partial charge in [-0.15, -0.1) is 0 Å². The van der Waals surface area contributed by atoms with Crippen LogP contribution in [-0.4, -0.2) is 43.7 Å². The maximum Gasteiger partial charge on any atom is 0.0198 e. The molecule has 2 aliphatic rings. The van der Waals surface area contributed by atoms with Gasteiger partial charge in [0.25, 0.3) is 0 Å². The lowest BCUT2D eigenvalue weighted by Gasteiger charge is -2.38. The molecule has 2 atom stereocenters. The van der Waals surface area contributed by atoms with E-state index in [-0.39, 0.29) is 0 Å². The Bertz CT molecular complexity index is 226. The highest BCUT2D eigenvalue weighted by molar-refractivity contribution is 4.84. The Kier molecular flexibility index (Phi) is 5.93. The summed E-state index contributed by atoms with van der Waals surface area (Å²) in [6, 6.07) is 0.704. The average molecular weight is 253 g/mol. The number of piperidine rings is 1. The highest BCUT2D eigenvalue weighted by atomic mass is 15.2. The Hall–Kier alpha value is -0.120. The van der Waals surface area contributed by atoms with Crippen molar-refractivity contribution in [2.45, 2.75) is 51.5 Å². The first-order valence-corrected chi connectivity index (χ1v) is 7.97. The molecule has 18 heavy (non-hydrogen) atoms. The van der Waals surface area contributed by atoms with Crippen molar-refractivity contribution < 1.29 is 0 Å². The van der Waals surface area contributed by atoms with Gasteiger partial charge in [-0.25, -0.2) is 0 Å². The number of hydrogen-bond acceptors (Lipinski definition) is 3. The second kappa shape index (κ2) is 7.46. The third-order valence-electron chi connectivity index (χ3n) is 4.81. The molecule has 106 valence electrons. The van der Waals surface area contributed by atoms with E-state index in [2.05, 4.69) is 17.1 Å². The highest BCUT2D eigenvalue weighted by Crippen LogP contribution is 2.25. The van der Waals surface area contributed by atoms with Gasteiger partial charge < -0.3 is 16.0 Å². The van der Waals surface area contributed by atoms with Crippen molar-refractivity contribution in [3.05, 3.63) is 0 Å². The lowest BCUT2D eigenvalue weighted by atomic mass is 9.91. The molecule has 2 rings (SSSR count). The van der Waals surface area contributed by atoms with Gasteiger partial charge >= 0.3 is 0 Å². The van der Waals surface area contributed by atoms with Gasteiger partial charge in [0.1, 0.15) is 0 Å². The number of nitrogens with one attached hydrogen (secondary N) is 1. The summed E-state index contributed by atoms with van der Waals surface area (Å²) in [5, 5.41) is 3.83. The van der Waals surface area contributed by atoms with E-state index in [4.69, 9.17) is 5.73 Å². The second-order valence-electron chi connectivity index (χ2n) is 6.31. The van der Waals surface area contributed by atoms with Crippen LogP contribution >= 0.6 is 0 Å². The van der Waals surface area contributed by atoms with Crippen LogP contribution < -0.4 is 11.1 Å². The van der Waals surface area contributed by atoms with Gasteiger partial charge in [0, 0.05) is 32.2 Å². The van der Waals surface area contributed by atoms with Crippen molar-refractivity contribution in [3.63, 3.8) is 0 Å². The first-order valence-electron chi connectivity index (χ1n) is 7.97. The highest BCUT2D eigenvalue weighted by Gasteiger charge is 2.26. The molecule has 1 saturated carbocycles. The molecule has 3 heteroatoms. The summed E-state index contributed by atoms with van der Waals surface area (Å²) in [6.07, 6.45) is 8.47. The van der Waals surface area contributed by atoms with E-state index >= 15 is 0 Å². The monoisotopic (exact) mass is 253 g/mol. The standard InChI is InChI=1S/C15H31N3/c1-2-13-9-15(12-18(11-13)8-7-16)17-10-14-5-3-4-6-14/h13-15,17H,2-12,16H2,1H3. The molecule has 3 nitrogen and oxygen atoms in total. The van der Waals surface area contributed by atoms with Crippen LogP contribution in [-0.2, 0) is 0 Å². The van der Waals surface area contributed by atoms with Crippen LogP contribution in [0.1, 0.15) is 45.4 Å². The summed E-state index contributed by atoms with van der Waals surface area (Å²) in [5.41, 5.74) is 5.70. The molecule has 0 bridgehead atoms. The van der Waals surface area contributed by atoms with Gasteiger partial charge in [0.2, 0.25) is 0 Å². The van der Waals surface area contributed by atoms with E-state index in [1.54, 1.807) is 0 Å². The Balaban J connectivity index is 1.74. The van der Waals surface area contributed by atoms with Crippen molar-refractivity contribution in [2.24, 2.45) is 17.6 Å². The van der Waals surface area contributed by atoms with Gasteiger partial charge in [-0.05, 0) is 37.6 Å². The van der Waals surface area contributed by atoms with Crippen molar-refractivity contribution in [2.75, 3.05) is 32.7 Å². The summed E-state index contributed by atoms with van der Waals surface area (Å²) in [5.74, 6) is 1.82. The molecular formula is C15H31N3. The minimum absolute atomic E-state index is 0.704. The Morgan fingerprint density at radius 2 is 1.94 bits per heavy atom. The first kappa shape index (κ1) is 14.3. The number of rotatable bonds is 6. The van der Waals surface area contributed by atoms with Crippen molar-refractivity contribution in [3.8, 4) is 0 Å². The van der Waals surface area contributed by atoms with Crippen LogP contribution in [0.4, 0.5) is 0 Å². The van der Waals surface area contributed by atoms with Gasteiger partial charge in [0.15, 0.2) is 0 Å². The summed E-state index contributed by atoms with van der Waals surface area (Å²) in [7, 11) is 0. The van der Waals surface area contributed by atoms with Crippen LogP contribution in [0.2, 0.25) is 0 Å². The zero-order valence-corrected chi connectivity index (χ0v) is 12.0. The third kappa shape index (κ3) is 4.22. The minimum Gasteiger partial charge on any atom is -0.329 e. The molecule has 0 radical (unpaired) electrons. The van der Waals surface area contributed by atoms with Crippen LogP contribution in [0.15, 0.2) is 0 Å². The molecule has 1 aliphatic carbocycles. The van der Waals surface area contributed by atoms with Gasteiger partial charge in [-0.3, -0.25) is 0 Å². The van der Waals surface area contributed by atoms with E-state index in [9.17, 15) is 0 Å². The quantitative estimate of drug-likeness (QED) is 0.759. The predicted molar refractivity (Wildman–Crippen MR) is 77.6 cm³/mol. The van der Waals surface area contributed by atoms with Crippen LogP contribution in [0.3, 0.4) is 0 Å². The summed E-state index contributed by atoms with van der Waals surface area (Å²) < 4.78 is 0. The fraction of sp³-hybridized carbons (Fsp3) is 1.00. The molecule has 0 aromatic heterocycles. The smallest absolute Gasteiger partial charge is 0.0198 e. The summed E-state index contributed by atoms with van der Waals surface area (Å²) in [6.45, 7) is 7.90. The van der Waals surface area contributed by atoms with E-state index in [1.165, 1.54) is 58.2 Å². The second-order valence-corrected chi connectivity index (χ2v) is 6.31. The first-order chi connectivity index (χ1) is 8.81. The number of nitrogens with two attached hydrogens (primary N) is 1. The molecule has 0 aromatic rings. The van der Waals surface area contributed by atoms with Crippen LogP contribution in [0.25, 0.3) is 0 Å². The third-order valence-corrected chi connectivity index (χ3v) is 4.81. The molecule has 2 fully saturated rings. The Morgan fingerprint density at radius 1 is 1.17 bits per heavy atom. The maximum atomic E-state index is 5.70. The minimum atomic E-state index is 0.704. The van der Waals surface area contributed by atoms with E-state index in [0.29, 0.717) is 6.04 Å². The fourth-order valence-electron chi connectivity index (χ4n) is 3.66. The Labute approximate surface area is 112 Å². The van der Waals surface area contributed by atoms with E-state index in [1.807, 2.05) is 0 Å². The lowest BCUT2D eigenvalue weighted by Crippen LogP contribution is -2.51. The SMILES string of the molecule is CCC1CC(NCC2CCCC2)CN(CCN)C1. The fourth-order valence-corrected chi connectivity index (χ4v) is 3.66. The number of nitrogens with zero attached hydrogens (tertiary/aromatic N) is 1.